The van der Waals surface area contributed by atoms with Crippen molar-refractivity contribution in [3.05, 3.63) is 11.1 Å². The molecule has 0 aromatic heterocycles. The molecule has 4 nitrogen and oxygen atoms in total. The minimum Gasteiger partial charge on any atom is -0.390 e. The second-order valence-corrected chi connectivity index (χ2v) is 14.6. The Morgan fingerprint density at radius 2 is 1.59 bits per heavy atom. The first-order chi connectivity index (χ1) is 15.5. The van der Waals surface area contributed by atoms with Crippen molar-refractivity contribution in [3.8, 4) is 0 Å². The topological polar surface area (TPSA) is 80.9 Å². The van der Waals surface area contributed by atoms with E-state index in [9.17, 15) is 20.4 Å². The summed E-state index contributed by atoms with van der Waals surface area (Å²) in [7, 11) is 0. The lowest BCUT2D eigenvalue weighted by molar-refractivity contribution is -0.158. The first kappa shape index (κ1) is 26.6. The Hall–Kier alpha value is -0.420. The number of aliphatic hydroxyl groups excluding tert-OH is 3. The molecule has 1 unspecified atom stereocenters. The average Bonchev–Trinajstić information content (AvgIpc) is 3.01. The number of aliphatic hydroxyl groups is 4. The molecule has 2 fully saturated rings. The van der Waals surface area contributed by atoms with E-state index in [1.54, 1.807) is 25.0 Å². The van der Waals surface area contributed by atoms with Gasteiger partial charge in [-0.15, -0.1) is 0 Å². The normalized spacial score (nSPS) is 45.9. The monoisotopic (exact) mass is 476 g/mol. The van der Waals surface area contributed by atoms with Crippen molar-refractivity contribution in [1.29, 1.82) is 0 Å². The quantitative estimate of drug-likeness (QED) is 0.389. The zero-order valence-corrected chi connectivity index (χ0v) is 23.1. The number of allylic oxidation sites excluding steroid dienone is 2. The number of hydrogen-bond donors (Lipinski definition) is 4. The van der Waals surface area contributed by atoms with Crippen LogP contribution in [0.4, 0.5) is 0 Å². The Balaban J connectivity index is 1.62. The van der Waals surface area contributed by atoms with E-state index in [0.29, 0.717) is 30.6 Å². The van der Waals surface area contributed by atoms with Crippen LogP contribution in [0.1, 0.15) is 113 Å². The third-order valence-electron chi connectivity index (χ3n) is 12.2. The van der Waals surface area contributed by atoms with Gasteiger partial charge in [0, 0.05) is 0 Å². The van der Waals surface area contributed by atoms with Gasteiger partial charge in [-0.3, -0.25) is 0 Å². The highest BCUT2D eigenvalue weighted by molar-refractivity contribution is 5.39. The molecule has 4 rings (SSSR count). The third kappa shape index (κ3) is 3.68. The minimum atomic E-state index is -1.04. The lowest BCUT2D eigenvalue weighted by atomic mass is 9.43. The average molecular weight is 477 g/mol. The summed E-state index contributed by atoms with van der Waals surface area (Å²) < 4.78 is 0. The van der Waals surface area contributed by atoms with Crippen LogP contribution in [0.2, 0.25) is 0 Å². The van der Waals surface area contributed by atoms with E-state index >= 15 is 0 Å². The SMILES string of the molecule is C[C@H](CC[C@@H](O)C(C)(C)O)[C@H]1CC[C@@]2(C)C3=C(CC[C@]12C)[C@@]1(C)C[C@@H](O)[C@H](O)C(C)(C)C1CC3. The van der Waals surface area contributed by atoms with E-state index in [2.05, 4.69) is 41.5 Å². The van der Waals surface area contributed by atoms with E-state index in [0.717, 1.165) is 25.7 Å². The Morgan fingerprint density at radius 1 is 0.941 bits per heavy atom. The lowest BCUT2D eigenvalue weighted by Crippen LogP contribution is -2.59. The summed E-state index contributed by atoms with van der Waals surface area (Å²) in [5.41, 5.74) is 2.39. The second kappa shape index (κ2) is 8.30. The van der Waals surface area contributed by atoms with Crippen LogP contribution < -0.4 is 0 Å². The predicted molar refractivity (Wildman–Crippen MR) is 137 cm³/mol. The number of hydrogen-bond acceptors (Lipinski definition) is 4. The Bertz CT molecular complexity index is 824. The molecule has 0 saturated heterocycles. The Morgan fingerprint density at radius 3 is 2.21 bits per heavy atom. The maximum Gasteiger partial charge on any atom is 0.0853 e. The Labute approximate surface area is 208 Å². The van der Waals surface area contributed by atoms with E-state index in [1.807, 2.05) is 0 Å². The minimum absolute atomic E-state index is 0.0272. The molecule has 0 aliphatic heterocycles. The van der Waals surface area contributed by atoms with E-state index in [1.165, 1.54) is 19.3 Å². The van der Waals surface area contributed by atoms with Gasteiger partial charge in [-0.05, 0) is 111 Å². The largest absolute Gasteiger partial charge is 0.390 e. The van der Waals surface area contributed by atoms with Crippen LogP contribution in [0.15, 0.2) is 11.1 Å². The second-order valence-electron chi connectivity index (χ2n) is 14.6. The van der Waals surface area contributed by atoms with Crippen LogP contribution in [0.3, 0.4) is 0 Å². The molecule has 0 aromatic rings. The zero-order chi connectivity index (χ0) is 25.5. The molecule has 4 aliphatic carbocycles. The fourth-order valence-corrected chi connectivity index (χ4v) is 9.75. The molecule has 2 saturated carbocycles. The summed E-state index contributed by atoms with van der Waals surface area (Å²) >= 11 is 0. The van der Waals surface area contributed by atoms with Gasteiger partial charge in [-0.25, -0.2) is 0 Å². The standard InChI is InChI=1S/C30H52O4/c1-18(9-12-24(32)27(4,5)34)19-13-15-30(8)21-10-11-23-26(2,3)25(33)22(31)17-28(23,6)20(21)14-16-29(19,30)7/h18-19,22-25,31-34H,9-17H2,1-8H3/t18-,19-,22-,23?,24-,25+,28-,29-,30+/m1/s1. The first-order valence-electron chi connectivity index (χ1n) is 14.0. The predicted octanol–water partition coefficient (Wildman–Crippen LogP) is 5.62. The van der Waals surface area contributed by atoms with Gasteiger partial charge in [-0.1, -0.05) is 52.7 Å². The fourth-order valence-electron chi connectivity index (χ4n) is 9.75. The number of fused-ring (bicyclic) bond motifs is 4. The van der Waals surface area contributed by atoms with Crippen molar-refractivity contribution in [2.45, 2.75) is 137 Å². The van der Waals surface area contributed by atoms with E-state index < -0.39 is 23.9 Å². The van der Waals surface area contributed by atoms with E-state index in [4.69, 9.17) is 0 Å². The highest BCUT2D eigenvalue weighted by Crippen LogP contribution is 2.72. The van der Waals surface area contributed by atoms with Crippen molar-refractivity contribution in [2.24, 2.45) is 39.4 Å². The van der Waals surface area contributed by atoms with Gasteiger partial charge < -0.3 is 20.4 Å². The molecule has 196 valence electrons. The molecule has 0 aromatic carbocycles. The molecule has 34 heavy (non-hydrogen) atoms. The molecule has 0 heterocycles. The van der Waals surface area contributed by atoms with Gasteiger partial charge in [0.1, 0.15) is 0 Å². The van der Waals surface area contributed by atoms with Crippen molar-refractivity contribution in [3.63, 3.8) is 0 Å². The van der Waals surface area contributed by atoms with Crippen molar-refractivity contribution in [1.82, 2.24) is 0 Å². The fraction of sp³-hybridized carbons (Fsp3) is 0.933. The summed E-state index contributed by atoms with van der Waals surface area (Å²) in [4.78, 5) is 0. The molecule has 4 heteroatoms. The molecule has 0 bridgehead atoms. The van der Waals surface area contributed by atoms with Gasteiger partial charge >= 0.3 is 0 Å². The van der Waals surface area contributed by atoms with Crippen LogP contribution in [0, 0.1) is 39.4 Å². The zero-order valence-electron chi connectivity index (χ0n) is 23.1. The van der Waals surface area contributed by atoms with Crippen LogP contribution >= 0.6 is 0 Å². The number of rotatable bonds is 5. The van der Waals surface area contributed by atoms with Crippen molar-refractivity contribution in [2.75, 3.05) is 0 Å². The van der Waals surface area contributed by atoms with Crippen LogP contribution in [-0.4, -0.2) is 44.3 Å². The van der Waals surface area contributed by atoms with Crippen LogP contribution in [-0.2, 0) is 0 Å². The molecule has 0 radical (unpaired) electrons. The highest BCUT2D eigenvalue weighted by atomic mass is 16.3. The van der Waals surface area contributed by atoms with Gasteiger partial charge in [0.25, 0.3) is 0 Å². The van der Waals surface area contributed by atoms with Crippen LogP contribution in [0.5, 0.6) is 0 Å². The molecule has 0 spiro atoms. The summed E-state index contributed by atoms with van der Waals surface area (Å²) in [6, 6.07) is 0. The molecular weight excluding hydrogens is 424 g/mol. The van der Waals surface area contributed by atoms with Crippen molar-refractivity contribution >= 4 is 0 Å². The molecule has 9 atom stereocenters. The first-order valence-corrected chi connectivity index (χ1v) is 14.0. The lowest BCUT2D eigenvalue weighted by Gasteiger charge is -2.63. The van der Waals surface area contributed by atoms with Crippen LogP contribution in [0.25, 0.3) is 0 Å². The molecule has 0 amide bonds. The van der Waals surface area contributed by atoms with Gasteiger partial charge in [0.05, 0.1) is 23.9 Å². The molecule has 4 N–H and O–H groups in total. The van der Waals surface area contributed by atoms with Gasteiger partial charge in [-0.2, -0.15) is 0 Å². The maximum atomic E-state index is 10.9. The maximum absolute atomic E-state index is 10.9. The Kier molecular flexibility index (Phi) is 6.50. The molecular formula is C30H52O4. The van der Waals surface area contributed by atoms with Crippen molar-refractivity contribution < 1.29 is 20.4 Å². The summed E-state index contributed by atoms with van der Waals surface area (Å²) in [5, 5.41) is 42.3. The van der Waals surface area contributed by atoms with Gasteiger partial charge in [0.15, 0.2) is 0 Å². The molecule has 4 aliphatic rings. The summed E-state index contributed by atoms with van der Waals surface area (Å²) in [6.45, 7) is 17.6. The van der Waals surface area contributed by atoms with Gasteiger partial charge in [0.2, 0.25) is 0 Å². The third-order valence-corrected chi connectivity index (χ3v) is 12.2. The highest BCUT2D eigenvalue weighted by Gasteiger charge is 2.64. The van der Waals surface area contributed by atoms with E-state index in [-0.39, 0.29) is 21.7 Å². The smallest absolute Gasteiger partial charge is 0.0853 e. The summed E-state index contributed by atoms with van der Waals surface area (Å²) in [6.07, 6.45) is 7.30. The summed E-state index contributed by atoms with van der Waals surface area (Å²) in [5.74, 6) is 1.55.